The van der Waals surface area contributed by atoms with Gasteiger partial charge in [-0.15, -0.1) is 0 Å². The third kappa shape index (κ3) is 1.81. The van der Waals surface area contributed by atoms with Crippen molar-refractivity contribution in [2.75, 3.05) is 0 Å². The third-order valence-electron chi connectivity index (χ3n) is 2.39. The number of ketones is 1. The van der Waals surface area contributed by atoms with Gasteiger partial charge in [0.15, 0.2) is 0 Å². The van der Waals surface area contributed by atoms with Crippen LogP contribution in [0.2, 0.25) is 0 Å². The van der Waals surface area contributed by atoms with Crippen LogP contribution in [0.5, 0.6) is 0 Å². The Morgan fingerprint density at radius 2 is 2.42 bits per heavy atom. The molecule has 0 aromatic carbocycles. The minimum atomic E-state index is -0.161. The summed E-state index contributed by atoms with van der Waals surface area (Å²) >= 11 is 0. The van der Waals surface area contributed by atoms with Gasteiger partial charge in [-0.25, -0.2) is 0 Å². The molecule has 0 aliphatic heterocycles. The van der Waals surface area contributed by atoms with E-state index in [4.69, 9.17) is 0 Å². The first-order chi connectivity index (χ1) is 5.79. The van der Waals surface area contributed by atoms with Gasteiger partial charge in [0.1, 0.15) is 12.1 Å². The molecule has 0 radical (unpaired) electrons. The van der Waals surface area contributed by atoms with Crippen molar-refractivity contribution in [2.24, 2.45) is 11.8 Å². The van der Waals surface area contributed by atoms with Crippen LogP contribution in [0.25, 0.3) is 0 Å². The smallest absolute Gasteiger partial charge is 0.136 e. The van der Waals surface area contributed by atoms with E-state index >= 15 is 0 Å². The standard InChI is InChI=1S/C10H14O2/c1-2-10(12)9-6-4-3-5-8(9)7-11/h3,5,7-9H,2,4,6H2,1H3. The van der Waals surface area contributed by atoms with Gasteiger partial charge in [0, 0.05) is 18.3 Å². The van der Waals surface area contributed by atoms with E-state index in [2.05, 4.69) is 0 Å². The minimum Gasteiger partial charge on any atom is -0.303 e. The van der Waals surface area contributed by atoms with Gasteiger partial charge in [-0.05, 0) is 12.8 Å². The number of aldehydes is 1. The van der Waals surface area contributed by atoms with E-state index in [1.54, 1.807) is 0 Å². The van der Waals surface area contributed by atoms with Gasteiger partial charge in [-0.1, -0.05) is 19.1 Å². The van der Waals surface area contributed by atoms with Crippen LogP contribution >= 0.6 is 0 Å². The Morgan fingerprint density at radius 1 is 1.67 bits per heavy atom. The van der Waals surface area contributed by atoms with E-state index in [1.165, 1.54) is 0 Å². The van der Waals surface area contributed by atoms with E-state index in [0.29, 0.717) is 6.42 Å². The van der Waals surface area contributed by atoms with Crippen molar-refractivity contribution >= 4 is 12.1 Å². The average molecular weight is 166 g/mol. The van der Waals surface area contributed by atoms with E-state index in [-0.39, 0.29) is 17.6 Å². The third-order valence-corrected chi connectivity index (χ3v) is 2.39. The summed E-state index contributed by atoms with van der Waals surface area (Å²) in [5, 5.41) is 0. The summed E-state index contributed by atoms with van der Waals surface area (Å²) in [6.45, 7) is 1.85. The SMILES string of the molecule is CCC(=O)C1CCC=CC1C=O. The zero-order chi connectivity index (χ0) is 8.97. The lowest BCUT2D eigenvalue weighted by Gasteiger charge is -2.21. The van der Waals surface area contributed by atoms with Crippen molar-refractivity contribution in [3.8, 4) is 0 Å². The average Bonchev–Trinajstić information content (AvgIpc) is 2.16. The van der Waals surface area contributed by atoms with Crippen molar-refractivity contribution in [3.63, 3.8) is 0 Å². The van der Waals surface area contributed by atoms with Crippen molar-refractivity contribution in [1.82, 2.24) is 0 Å². The Bertz CT molecular complexity index is 206. The highest BCUT2D eigenvalue weighted by atomic mass is 16.1. The molecule has 1 aliphatic carbocycles. The molecule has 0 amide bonds. The second-order valence-corrected chi connectivity index (χ2v) is 3.15. The highest BCUT2D eigenvalue weighted by Crippen LogP contribution is 2.24. The highest BCUT2D eigenvalue weighted by Gasteiger charge is 2.26. The molecule has 0 bridgehead atoms. The number of hydrogen-bond acceptors (Lipinski definition) is 2. The molecule has 1 aliphatic rings. The maximum absolute atomic E-state index is 11.3. The monoisotopic (exact) mass is 166 g/mol. The summed E-state index contributed by atoms with van der Waals surface area (Å²) < 4.78 is 0. The van der Waals surface area contributed by atoms with Crippen molar-refractivity contribution in [3.05, 3.63) is 12.2 Å². The van der Waals surface area contributed by atoms with Gasteiger partial charge in [0.2, 0.25) is 0 Å². The Labute approximate surface area is 72.7 Å². The Kier molecular flexibility index (Phi) is 3.20. The zero-order valence-electron chi connectivity index (χ0n) is 7.32. The topological polar surface area (TPSA) is 34.1 Å². The predicted molar refractivity (Wildman–Crippen MR) is 46.7 cm³/mol. The molecule has 0 saturated carbocycles. The molecule has 0 N–H and O–H groups in total. The summed E-state index contributed by atoms with van der Waals surface area (Å²) in [6.07, 6.45) is 7.04. The van der Waals surface area contributed by atoms with Crippen molar-refractivity contribution < 1.29 is 9.59 Å². The normalized spacial score (nSPS) is 28.4. The lowest BCUT2D eigenvalue weighted by atomic mass is 9.81. The van der Waals surface area contributed by atoms with Crippen LogP contribution in [0.15, 0.2) is 12.2 Å². The first-order valence-corrected chi connectivity index (χ1v) is 4.44. The van der Waals surface area contributed by atoms with Crippen LogP contribution in [0, 0.1) is 11.8 Å². The molecule has 2 heteroatoms. The van der Waals surface area contributed by atoms with Gasteiger partial charge in [-0.3, -0.25) is 4.79 Å². The molecule has 0 spiro atoms. The predicted octanol–water partition coefficient (Wildman–Crippen LogP) is 1.75. The van der Waals surface area contributed by atoms with Crippen molar-refractivity contribution in [2.45, 2.75) is 26.2 Å². The van der Waals surface area contributed by atoms with Gasteiger partial charge < -0.3 is 4.79 Å². The Morgan fingerprint density at radius 3 is 3.00 bits per heavy atom. The van der Waals surface area contributed by atoms with Gasteiger partial charge in [-0.2, -0.15) is 0 Å². The molecule has 0 fully saturated rings. The fraction of sp³-hybridized carbons (Fsp3) is 0.600. The molecule has 0 aromatic rings. The minimum absolute atomic E-state index is 0.0440. The van der Waals surface area contributed by atoms with Gasteiger partial charge in [0.05, 0.1) is 0 Å². The molecule has 2 nitrogen and oxygen atoms in total. The summed E-state index contributed by atoms with van der Waals surface area (Å²) in [5.41, 5.74) is 0. The van der Waals surface area contributed by atoms with Crippen LogP contribution < -0.4 is 0 Å². The first kappa shape index (κ1) is 9.17. The largest absolute Gasteiger partial charge is 0.303 e. The van der Waals surface area contributed by atoms with Crippen LogP contribution in [0.1, 0.15) is 26.2 Å². The lowest BCUT2D eigenvalue weighted by molar-refractivity contribution is -0.126. The Hall–Kier alpha value is -0.920. The van der Waals surface area contributed by atoms with Crippen molar-refractivity contribution in [1.29, 1.82) is 0 Å². The second kappa shape index (κ2) is 4.19. The first-order valence-electron chi connectivity index (χ1n) is 4.44. The lowest BCUT2D eigenvalue weighted by Crippen LogP contribution is -2.25. The number of carbonyl (C=O) groups excluding carboxylic acids is 2. The molecule has 0 aromatic heterocycles. The molecule has 2 atom stereocenters. The summed E-state index contributed by atoms with van der Waals surface area (Å²) in [6, 6.07) is 0. The number of rotatable bonds is 3. The van der Waals surface area contributed by atoms with Gasteiger partial charge >= 0.3 is 0 Å². The van der Waals surface area contributed by atoms with Crippen LogP contribution in [0.3, 0.4) is 0 Å². The molecule has 2 unspecified atom stereocenters. The van der Waals surface area contributed by atoms with E-state index in [1.807, 2.05) is 19.1 Å². The number of Topliss-reactive ketones (excluding diaryl/α,β-unsaturated/α-hetero) is 1. The zero-order valence-corrected chi connectivity index (χ0v) is 7.32. The van der Waals surface area contributed by atoms with E-state index in [9.17, 15) is 9.59 Å². The van der Waals surface area contributed by atoms with Crippen LogP contribution in [-0.2, 0) is 9.59 Å². The maximum atomic E-state index is 11.3. The molecule has 1 rings (SSSR count). The summed E-state index contributed by atoms with van der Waals surface area (Å²) in [5.74, 6) is 0.0140. The quantitative estimate of drug-likeness (QED) is 0.473. The molecule has 0 saturated heterocycles. The van der Waals surface area contributed by atoms with E-state index < -0.39 is 0 Å². The van der Waals surface area contributed by atoms with E-state index in [0.717, 1.165) is 19.1 Å². The molecular formula is C10H14O2. The molecule has 66 valence electrons. The Balaban J connectivity index is 2.68. The number of allylic oxidation sites excluding steroid dienone is 2. The van der Waals surface area contributed by atoms with Crippen LogP contribution in [0.4, 0.5) is 0 Å². The van der Waals surface area contributed by atoms with Crippen LogP contribution in [-0.4, -0.2) is 12.1 Å². The fourth-order valence-corrected chi connectivity index (χ4v) is 1.63. The second-order valence-electron chi connectivity index (χ2n) is 3.15. The highest BCUT2D eigenvalue weighted by molar-refractivity contribution is 5.84. The van der Waals surface area contributed by atoms with Gasteiger partial charge in [0.25, 0.3) is 0 Å². The molecule has 12 heavy (non-hydrogen) atoms. The summed E-state index contributed by atoms with van der Waals surface area (Å²) in [7, 11) is 0. The number of carbonyl (C=O) groups is 2. The molecular weight excluding hydrogens is 152 g/mol. The maximum Gasteiger partial charge on any atom is 0.136 e. The fourth-order valence-electron chi connectivity index (χ4n) is 1.63. The molecule has 0 heterocycles. The number of hydrogen-bond donors (Lipinski definition) is 0. The summed E-state index contributed by atoms with van der Waals surface area (Å²) in [4.78, 5) is 21.9.